The van der Waals surface area contributed by atoms with Crippen molar-refractivity contribution in [3.05, 3.63) is 0 Å². The van der Waals surface area contributed by atoms with Gasteiger partial charge in [0, 0.05) is 6.54 Å². The lowest BCUT2D eigenvalue weighted by Crippen LogP contribution is -2.38. The molecule has 0 rings (SSSR count). The second kappa shape index (κ2) is 3.93. The van der Waals surface area contributed by atoms with E-state index in [1.165, 1.54) is 0 Å². The largest absolute Gasteiger partial charge is 0.465 e. The van der Waals surface area contributed by atoms with Crippen LogP contribution in [0.5, 0.6) is 0 Å². The monoisotopic (exact) mass is 209 g/mol. The van der Waals surface area contributed by atoms with E-state index in [-0.39, 0.29) is 12.5 Å². The minimum absolute atomic E-state index is 0.242. The number of nitrogens with two attached hydrogens (primary N) is 1. The predicted molar refractivity (Wildman–Crippen MR) is 43.0 cm³/mol. The van der Waals surface area contributed by atoms with Gasteiger partial charge in [0.15, 0.2) is 0 Å². The average Bonchev–Trinajstić information content (AvgIpc) is 1.89. The lowest BCUT2D eigenvalue weighted by molar-refractivity contribution is -0.145. The third kappa shape index (κ3) is 2.66. The molecule has 60 valence electrons. The number of alkyl halides is 1. The van der Waals surface area contributed by atoms with E-state index in [0.717, 1.165) is 0 Å². The standard InChI is InChI=1S/C6H12BrNO2/c1-3-10-5(9)6(2,7)4-8/h3-4,8H2,1-2H3. The Morgan fingerprint density at radius 2 is 2.30 bits per heavy atom. The Kier molecular flexibility index (Phi) is 3.89. The highest BCUT2D eigenvalue weighted by Crippen LogP contribution is 2.16. The maximum absolute atomic E-state index is 10.9. The van der Waals surface area contributed by atoms with Crippen LogP contribution >= 0.6 is 15.9 Å². The van der Waals surface area contributed by atoms with Crippen LogP contribution < -0.4 is 5.73 Å². The molecule has 0 aromatic rings. The molecule has 2 N–H and O–H groups in total. The summed E-state index contributed by atoms with van der Waals surface area (Å²) >= 11 is 3.15. The molecule has 0 bridgehead atoms. The number of carbonyl (C=O) groups excluding carboxylic acids is 1. The second-order valence-electron chi connectivity index (χ2n) is 2.12. The molecule has 0 saturated carbocycles. The maximum atomic E-state index is 10.9. The minimum atomic E-state index is -0.719. The number of hydrogen-bond acceptors (Lipinski definition) is 3. The van der Waals surface area contributed by atoms with E-state index in [4.69, 9.17) is 10.5 Å². The first-order valence-corrected chi connectivity index (χ1v) is 3.90. The lowest BCUT2D eigenvalue weighted by atomic mass is 10.2. The van der Waals surface area contributed by atoms with Gasteiger partial charge in [0.25, 0.3) is 0 Å². The summed E-state index contributed by atoms with van der Waals surface area (Å²) in [5.74, 6) is -0.308. The summed E-state index contributed by atoms with van der Waals surface area (Å²) in [6, 6.07) is 0. The van der Waals surface area contributed by atoms with Gasteiger partial charge in [0.2, 0.25) is 0 Å². The van der Waals surface area contributed by atoms with Gasteiger partial charge in [-0.1, -0.05) is 15.9 Å². The second-order valence-corrected chi connectivity index (χ2v) is 3.87. The molecule has 0 aromatic carbocycles. The number of hydrogen-bond donors (Lipinski definition) is 1. The Morgan fingerprint density at radius 3 is 2.60 bits per heavy atom. The van der Waals surface area contributed by atoms with Gasteiger partial charge in [-0.2, -0.15) is 0 Å². The van der Waals surface area contributed by atoms with Gasteiger partial charge in [0.05, 0.1) is 6.61 Å². The van der Waals surface area contributed by atoms with Gasteiger partial charge in [-0.25, -0.2) is 0 Å². The summed E-state index contributed by atoms with van der Waals surface area (Å²) in [6.45, 7) is 4.08. The number of esters is 1. The lowest BCUT2D eigenvalue weighted by Gasteiger charge is -2.16. The van der Waals surface area contributed by atoms with Crippen molar-refractivity contribution < 1.29 is 9.53 Å². The molecule has 0 saturated heterocycles. The molecule has 1 unspecified atom stereocenters. The number of halogens is 1. The van der Waals surface area contributed by atoms with E-state index >= 15 is 0 Å². The van der Waals surface area contributed by atoms with E-state index in [0.29, 0.717) is 6.61 Å². The Hall–Kier alpha value is -0.0900. The summed E-state index contributed by atoms with van der Waals surface area (Å²) in [5, 5.41) is 0. The normalized spacial score (nSPS) is 16.0. The zero-order valence-electron chi connectivity index (χ0n) is 6.19. The molecule has 0 fully saturated rings. The first kappa shape index (κ1) is 9.91. The van der Waals surface area contributed by atoms with Crippen molar-refractivity contribution in [1.29, 1.82) is 0 Å². The fourth-order valence-electron chi connectivity index (χ4n) is 0.365. The van der Waals surface area contributed by atoms with Crippen molar-refractivity contribution in [2.75, 3.05) is 13.2 Å². The predicted octanol–water partition coefficient (Wildman–Crippen LogP) is 0.662. The Bertz CT molecular complexity index is 125. The van der Waals surface area contributed by atoms with E-state index in [9.17, 15) is 4.79 Å². The van der Waals surface area contributed by atoms with Crippen LogP contribution in [0.3, 0.4) is 0 Å². The topological polar surface area (TPSA) is 52.3 Å². The van der Waals surface area contributed by atoms with Crippen molar-refractivity contribution in [2.24, 2.45) is 5.73 Å². The van der Waals surface area contributed by atoms with Crippen LogP contribution in [-0.2, 0) is 9.53 Å². The molecule has 0 amide bonds. The number of ether oxygens (including phenoxy) is 1. The van der Waals surface area contributed by atoms with Crippen molar-refractivity contribution in [1.82, 2.24) is 0 Å². The van der Waals surface area contributed by atoms with Gasteiger partial charge in [-0.15, -0.1) is 0 Å². The van der Waals surface area contributed by atoms with Crippen LogP contribution in [0.2, 0.25) is 0 Å². The summed E-state index contributed by atoms with van der Waals surface area (Å²) in [7, 11) is 0. The van der Waals surface area contributed by atoms with Crippen molar-refractivity contribution in [3.63, 3.8) is 0 Å². The van der Waals surface area contributed by atoms with Gasteiger partial charge in [-0.3, -0.25) is 4.79 Å². The number of rotatable bonds is 3. The molecule has 0 radical (unpaired) electrons. The molecular formula is C6H12BrNO2. The summed E-state index contributed by atoms with van der Waals surface area (Å²) < 4.78 is 4.01. The van der Waals surface area contributed by atoms with Crippen molar-refractivity contribution in [2.45, 2.75) is 18.2 Å². The molecule has 3 nitrogen and oxygen atoms in total. The minimum Gasteiger partial charge on any atom is -0.465 e. The Balaban J connectivity index is 3.91. The van der Waals surface area contributed by atoms with Crippen LogP contribution in [0.4, 0.5) is 0 Å². The molecule has 0 heterocycles. The zero-order valence-corrected chi connectivity index (χ0v) is 7.77. The van der Waals surface area contributed by atoms with Crippen LogP contribution in [0, 0.1) is 0 Å². The zero-order chi connectivity index (χ0) is 8.20. The van der Waals surface area contributed by atoms with Gasteiger partial charge in [0.1, 0.15) is 4.32 Å². The molecule has 1 atom stereocenters. The molecule has 0 spiro atoms. The van der Waals surface area contributed by atoms with E-state index < -0.39 is 4.32 Å². The van der Waals surface area contributed by atoms with Gasteiger partial charge in [-0.05, 0) is 13.8 Å². The third-order valence-electron chi connectivity index (χ3n) is 1.08. The smallest absolute Gasteiger partial charge is 0.323 e. The molecule has 10 heavy (non-hydrogen) atoms. The third-order valence-corrected chi connectivity index (χ3v) is 1.73. The highest BCUT2D eigenvalue weighted by molar-refractivity contribution is 9.10. The van der Waals surface area contributed by atoms with Crippen LogP contribution in [0.15, 0.2) is 0 Å². The van der Waals surface area contributed by atoms with Crippen LogP contribution in [0.25, 0.3) is 0 Å². The molecule has 0 aromatic heterocycles. The van der Waals surface area contributed by atoms with Gasteiger partial charge < -0.3 is 10.5 Å². The van der Waals surface area contributed by atoms with E-state index in [1.54, 1.807) is 13.8 Å². The highest BCUT2D eigenvalue weighted by Gasteiger charge is 2.29. The van der Waals surface area contributed by atoms with Crippen molar-refractivity contribution in [3.8, 4) is 0 Å². The molecular weight excluding hydrogens is 198 g/mol. The summed E-state index contributed by atoms with van der Waals surface area (Å²) in [5.41, 5.74) is 5.29. The SMILES string of the molecule is CCOC(=O)C(C)(Br)CN. The van der Waals surface area contributed by atoms with Crippen LogP contribution in [0.1, 0.15) is 13.8 Å². The summed E-state index contributed by atoms with van der Waals surface area (Å²) in [6.07, 6.45) is 0. The first-order valence-electron chi connectivity index (χ1n) is 3.10. The Morgan fingerprint density at radius 1 is 1.80 bits per heavy atom. The average molecular weight is 210 g/mol. The first-order chi connectivity index (χ1) is 4.54. The van der Waals surface area contributed by atoms with Crippen molar-refractivity contribution >= 4 is 21.9 Å². The molecule has 0 aliphatic carbocycles. The van der Waals surface area contributed by atoms with E-state index in [2.05, 4.69) is 15.9 Å². The quantitative estimate of drug-likeness (QED) is 0.550. The fraction of sp³-hybridized carbons (Fsp3) is 0.833. The molecule has 4 heteroatoms. The van der Waals surface area contributed by atoms with E-state index in [1.807, 2.05) is 0 Å². The summed E-state index contributed by atoms with van der Waals surface area (Å²) in [4.78, 5) is 10.9. The Labute approximate surface area is 69.0 Å². The molecule has 0 aliphatic rings. The fourth-order valence-corrected chi connectivity index (χ4v) is 0.479. The molecule has 0 aliphatic heterocycles. The maximum Gasteiger partial charge on any atom is 0.323 e. The highest BCUT2D eigenvalue weighted by atomic mass is 79.9. The van der Waals surface area contributed by atoms with Crippen LogP contribution in [-0.4, -0.2) is 23.4 Å². The number of carbonyl (C=O) groups is 1. The van der Waals surface area contributed by atoms with Gasteiger partial charge >= 0.3 is 5.97 Å².